The smallest absolute Gasteiger partial charge is 0.309 e. The highest BCUT2D eigenvalue weighted by Crippen LogP contribution is 2.25. The molecule has 0 saturated heterocycles. The summed E-state index contributed by atoms with van der Waals surface area (Å²) in [6, 6.07) is 10.4. The molecular weight excluding hydrogens is 336 g/mol. The summed E-state index contributed by atoms with van der Waals surface area (Å²) in [5, 5.41) is 26.2. The summed E-state index contributed by atoms with van der Waals surface area (Å²) < 4.78 is 1.69. The van der Waals surface area contributed by atoms with Crippen LogP contribution in [0.3, 0.4) is 0 Å². The van der Waals surface area contributed by atoms with E-state index in [1.54, 1.807) is 34.9 Å². The number of aromatic nitrogens is 2. The van der Waals surface area contributed by atoms with Crippen LogP contribution in [0.5, 0.6) is 0 Å². The van der Waals surface area contributed by atoms with Gasteiger partial charge in [0.2, 0.25) is 0 Å². The average molecular weight is 352 g/mol. The van der Waals surface area contributed by atoms with Crippen LogP contribution in [0.1, 0.15) is 16.8 Å². The van der Waals surface area contributed by atoms with Crippen LogP contribution >= 0.6 is 0 Å². The van der Waals surface area contributed by atoms with Crippen molar-refractivity contribution in [3.63, 3.8) is 0 Å². The van der Waals surface area contributed by atoms with E-state index in [2.05, 4.69) is 15.2 Å². The SMILES string of the molecule is Cc1ccn2c(N=Nc3ccc(CC(=O)O)cc3)c(CC(=O)O)nc2c1. The van der Waals surface area contributed by atoms with Crippen molar-refractivity contribution < 1.29 is 19.8 Å². The summed E-state index contributed by atoms with van der Waals surface area (Å²) in [5.41, 5.74) is 3.12. The molecular formula is C18H16N4O4. The molecule has 0 radical (unpaired) electrons. The Labute approximate surface area is 148 Å². The predicted octanol–water partition coefficient (Wildman–Crippen LogP) is 3.31. The summed E-state index contributed by atoms with van der Waals surface area (Å²) in [6.07, 6.45) is 1.45. The van der Waals surface area contributed by atoms with Gasteiger partial charge in [0.15, 0.2) is 5.82 Å². The summed E-state index contributed by atoms with van der Waals surface area (Å²) in [5.74, 6) is -1.55. The molecule has 0 amide bonds. The Morgan fingerprint density at radius 1 is 1.04 bits per heavy atom. The van der Waals surface area contributed by atoms with Crippen molar-refractivity contribution in [2.45, 2.75) is 19.8 Å². The Morgan fingerprint density at radius 3 is 2.38 bits per heavy atom. The number of benzene rings is 1. The lowest BCUT2D eigenvalue weighted by Gasteiger charge is -1.99. The molecule has 8 nitrogen and oxygen atoms in total. The van der Waals surface area contributed by atoms with Gasteiger partial charge in [0.1, 0.15) is 5.65 Å². The Hall–Kier alpha value is -3.55. The number of rotatable bonds is 6. The molecule has 0 aliphatic heterocycles. The molecule has 0 spiro atoms. The topological polar surface area (TPSA) is 117 Å². The zero-order valence-electron chi connectivity index (χ0n) is 14.0. The third kappa shape index (κ3) is 3.92. The van der Waals surface area contributed by atoms with Crippen molar-refractivity contribution in [1.29, 1.82) is 0 Å². The van der Waals surface area contributed by atoms with Crippen LogP contribution in [0.25, 0.3) is 5.65 Å². The van der Waals surface area contributed by atoms with Gasteiger partial charge in [0.05, 0.1) is 24.2 Å². The van der Waals surface area contributed by atoms with E-state index in [1.165, 1.54) is 0 Å². The molecule has 0 fully saturated rings. The highest BCUT2D eigenvalue weighted by Gasteiger charge is 2.15. The van der Waals surface area contributed by atoms with Gasteiger partial charge >= 0.3 is 11.9 Å². The van der Waals surface area contributed by atoms with E-state index in [4.69, 9.17) is 10.2 Å². The lowest BCUT2D eigenvalue weighted by Crippen LogP contribution is -2.00. The van der Waals surface area contributed by atoms with Crippen LogP contribution in [0, 0.1) is 6.92 Å². The largest absolute Gasteiger partial charge is 0.481 e. The molecule has 2 heterocycles. The van der Waals surface area contributed by atoms with Gasteiger partial charge < -0.3 is 10.2 Å². The summed E-state index contributed by atoms with van der Waals surface area (Å²) in [7, 11) is 0. The van der Waals surface area contributed by atoms with Crippen molar-refractivity contribution in [1.82, 2.24) is 9.38 Å². The molecule has 1 aromatic carbocycles. The first kappa shape index (κ1) is 17.3. The van der Waals surface area contributed by atoms with E-state index in [0.717, 1.165) is 5.56 Å². The third-order valence-electron chi connectivity index (χ3n) is 3.70. The quantitative estimate of drug-likeness (QED) is 0.660. The van der Waals surface area contributed by atoms with Gasteiger partial charge in [-0.15, -0.1) is 10.2 Å². The molecule has 0 unspecified atom stereocenters. The van der Waals surface area contributed by atoms with E-state index in [9.17, 15) is 9.59 Å². The molecule has 0 aliphatic carbocycles. The van der Waals surface area contributed by atoms with Gasteiger partial charge in [-0.1, -0.05) is 12.1 Å². The van der Waals surface area contributed by atoms with Crippen molar-refractivity contribution >= 4 is 29.1 Å². The third-order valence-corrected chi connectivity index (χ3v) is 3.70. The van der Waals surface area contributed by atoms with Crippen LogP contribution in [-0.2, 0) is 22.4 Å². The van der Waals surface area contributed by atoms with E-state index < -0.39 is 11.9 Å². The minimum Gasteiger partial charge on any atom is -0.481 e. The molecule has 2 aromatic heterocycles. The Morgan fingerprint density at radius 2 is 1.73 bits per heavy atom. The summed E-state index contributed by atoms with van der Waals surface area (Å²) >= 11 is 0. The molecule has 3 aromatic rings. The highest BCUT2D eigenvalue weighted by molar-refractivity contribution is 5.72. The van der Waals surface area contributed by atoms with E-state index in [-0.39, 0.29) is 12.8 Å². The number of hydrogen-bond donors (Lipinski definition) is 2. The molecule has 3 rings (SSSR count). The van der Waals surface area contributed by atoms with Crippen LogP contribution in [0.15, 0.2) is 52.8 Å². The molecule has 0 aliphatic rings. The van der Waals surface area contributed by atoms with Gasteiger partial charge in [0.25, 0.3) is 0 Å². The first-order valence-electron chi connectivity index (χ1n) is 7.84. The molecule has 132 valence electrons. The second-order valence-corrected chi connectivity index (χ2v) is 5.82. The van der Waals surface area contributed by atoms with Crippen molar-refractivity contribution in [3.05, 3.63) is 59.4 Å². The summed E-state index contributed by atoms with van der Waals surface area (Å²) in [6.45, 7) is 1.92. The number of carboxylic acids is 2. The van der Waals surface area contributed by atoms with Gasteiger partial charge in [0, 0.05) is 6.20 Å². The molecule has 8 heteroatoms. The maximum absolute atomic E-state index is 11.1. The van der Waals surface area contributed by atoms with Gasteiger partial charge in [-0.2, -0.15) is 0 Å². The predicted molar refractivity (Wildman–Crippen MR) is 93.2 cm³/mol. The molecule has 0 bridgehead atoms. The number of carboxylic acid groups (broad SMARTS) is 2. The standard InChI is InChI=1S/C18H16N4O4/c1-11-6-7-22-15(8-11)19-14(10-17(25)26)18(22)21-20-13-4-2-12(3-5-13)9-16(23)24/h2-8H,9-10H2,1H3,(H,23,24)(H,25,26). The van der Waals surface area contributed by atoms with E-state index in [0.29, 0.717) is 28.4 Å². The Kier molecular flexibility index (Phi) is 4.74. The fourth-order valence-electron chi connectivity index (χ4n) is 2.51. The molecule has 2 N–H and O–H groups in total. The molecule has 0 atom stereocenters. The number of fused-ring (bicyclic) bond motifs is 1. The number of imidazole rings is 1. The van der Waals surface area contributed by atoms with Crippen molar-refractivity contribution in [2.24, 2.45) is 10.2 Å². The van der Waals surface area contributed by atoms with Crippen LogP contribution in [0.2, 0.25) is 0 Å². The highest BCUT2D eigenvalue weighted by atomic mass is 16.4. The molecule has 0 saturated carbocycles. The van der Waals surface area contributed by atoms with Crippen molar-refractivity contribution in [2.75, 3.05) is 0 Å². The average Bonchev–Trinajstić information content (AvgIpc) is 2.89. The fourth-order valence-corrected chi connectivity index (χ4v) is 2.51. The fraction of sp³-hybridized carbons (Fsp3) is 0.167. The minimum atomic E-state index is -1.00. The Balaban J connectivity index is 1.94. The number of aryl methyl sites for hydroxylation is 1. The number of aliphatic carboxylic acids is 2. The second kappa shape index (κ2) is 7.14. The maximum atomic E-state index is 11.1. The number of hydrogen-bond acceptors (Lipinski definition) is 5. The monoisotopic (exact) mass is 352 g/mol. The number of nitrogens with zero attached hydrogens (tertiary/aromatic N) is 4. The number of pyridine rings is 1. The van der Waals surface area contributed by atoms with Gasteiger partial charge in [-0.05, 0) is 42.3 Å². The van der Waals surface area contributed by atoms with Crippen LogP contribution in [-0.4, -0.2) is 31.5 Å². The lowest BCUT2D eigenvalue weighted by atomic mass is 10.1. The van der Waals surface area contributed by atoms with Crippen LogP contribution < -0.4 is 0 Å². The van der Waals surface area contributed by atoms with E-state index in [1.807, 2.05) is 19.1 Å². The zero-order chi connectivity index (χ0) is 18.7. The first-order chi connectivity index (χ1) is 12.4. The number of azo groups is 1. The minimum absolute atomic E-state index is 0.0627. The Bertz CT molecular complexity index is 1010. The molecule has 26 heavy (non-hydrogen) atoms. The number of carbonyl (C=O) groups is 2. The van der Waals surface area contributed by atoms with Crippen molar-refractivity contribution in [3.8, 4) is 0 Å². The van der Waals surface area contributed by atoms with E-state index >= 15 is 0 Å². The zero-order valence-corrected chi connectivity index (χ0v) is 14.0. The normalized spacial score (nSPS) is 11.3. The first-order valence-corrected chi connectivity index (χ1v) is 7.84. The van der Waals surface area contributed by atoms with Crippen LogP contribution in [0.4, 0.5) is 11.5 Å². The second-order valence-electron chi connectivity index (χ2n) is 5.82. The lowest BCUT2D eigenvalue weighted by molar-refractivity contribution is -0.137. The maximum Gasteiger partial charge on any atom is 0.309 e. The van der Waals surface area contributed by atoms with Gasteiger partial charge in [-0.25, -0.2) is 4.98 Å². The summed E-state index contributed by atoms with van der Waals surface area (Å²) in [4.78, 5) is 26.1. The van der Waals surface area contributed by atoms with Gasteiger partial charge in [-0.3, -0.25) is 14.0 Å².